The van der Waals surface area contributed by atoms with Gasteiger partial charge >= 0.3 is 7.60 Å². The van der Waals surface area contributed by atoms with Gasteiger partial charge in [0.05, 0.1) is 20.3 Å². The Morgan fingerprint density at radius 1 is 1.28 bits per heavy atom. The van der Waals surface area contributed by atoms with Crippen LogP contribution in [-0.2, 0) is 20.2 Å². The molecule has 0 aliphatic carbocycles. The summed E-state index contributed by atoms with van der Waals surface area (Å²) < 4.78 is 40.6. The largest absolute Gasteiger partial charge is 0.494 e. The van der Waals surface area contributed by atoms with Crippen molar-refractivity contribution in [3.8, 4) is 5.75 Å². The maximum absolute atomic E-state index is 13.4. The second kappa shape index (κ2) is 6.88. The van der Waals surface area contributed by atoms with Crippen molar-refractivity contribution in [1.29, 1.82) is 0 Å². The van der Waals surface area contributed by atoms with Gasteiger partial charge in [-0.2, -0.15) is 0 Å². The van der Waals surface area contributed by atoms with Gasteiger partial charge in [0.15, 0.2) is 11.6 Å². The van der Waals surface area contributed by atoms with Crippen molar-refractivity contribution < 1.29 is 22.7 Å². The number of hydrogen-bond donors (Lipinski definition) is 0. The maximum Gasteiger partial charge on any atom is 0.330 e. The highest BCUT2D eigenvalue weighted by Crippen LogP contribution is 2.48. The van der Waals surface area contributed by atoms with Gasteiger partial charge in [-0.15, -0.1) is 0 Å². The minimum atomic E-state index is -3.05. The average molecular weight is 276 g/mol. The molecule has 1 atom stereocenters. The van der Waals surface area contributed by atoms with Gasteiger partial charge < -0.3 is 13.8 Å². The molecule has 0 N–H and O–H groups in total. The Balaban J connectivity index is 2.68. The molecule has 0 bridgehead atoms. The molecule has 1 unspecified atom stereocenters. The van der Waals surface area contributed by atoms with Crippen LogP contribution in [0.1, 0.15) is 19.4 Å². The SMILES string of the molecule is CCOP(=O)(CC)OCc1ccc(OC)c(F)c1. The van der Waals surface area contributed by atoms with Crippen molar-refractivity contribution in [2.24, 2.45) is 0 Å². The maximum atomic E-state index is 13.4. The lowest BCUT2D eigenvalue weighted by atomic mass is 10.2. The summed E-state index contributed by atoms with van der Waals surface area (Å²) in [6, 6.07) is 4.46. The third kappa shape index (κ3) is 4.09. The first-order chi connectivity index (χ1) is 8.54. The molecule has 4 nitrogen and oxygen atoms in total. The molecule has 18 heavy (non-hydrogen) atoms. The molecule has 0 saturated heterocycles. The van der Waals surface area contributed by atoms with Crippen LogP contribution in [0, 0.1) is 5.82 Å². The van der Waals surface area contributed by atoms with Crippen LogP contribution < -0.4 is 4.74 Å². The van der Waals surface area contributed by atoms with Crippen LogP contribution in [0.3, 0.4) is 0 Å². The Hall–Kier alpha value is -0.900. The number of hydrogen-bond acceptors (Lipinski definition) is 4. The van der Waals surface area contributed by atoms with Gasteiger partial charge in [-0.25, -0.2) is 4.39 Å². The van der Waals surface area contributed by atoms with Crippen molar-refractivity contribution >= 4 is 7.60 Å². The summed E-state index contributed by atoms with van der Waals surface area (Å²) >= 11 is 0. The fraction of sp³-hybridized carbons (Fsp3) is 0.500. The van der Waals surface area contributed by atoms with Gasteiger partial charge in [0.1, 0.15) is 0 Å². The van der Waals surface area contributed by atoms with Crippen LogP contribution in [0.2, 0.25) is 0 Å². The number of ether oxygens (including phenoxy) is 1. The molecule has 1 rings (SSSR count). The fourth-order valence-electron chi connectivity index (χ4n) is 1.39. The van der Waals surface area contributed by atoms with E-state index in [0.717, 1.165) is 0 Å². The van der Waals surface area contributed by atoms with Crippen LogP contribution in [0.5, 0.6) is 5.75 Å². The molecule has 0 amide bonds. The third-order valence-electron chi connectivity index (χ3n) is 2.36. The second-order valence-corrected chi connectivity index (χ2v) is 5.96. The lowest BCUT2D eigenvalue weighted by Crippen LogP contribution is -1.99. The summed E-state index contributed by atoms with van der Waals surface area (Å²) in [5.41, 5.74) is 0.585. The quantitative estimate of drug-likeness (QED) is 0.714. The highest BCUT2D eigenvalue weighted by molar-refractivity contribution is 7.53. The van der Waals surface area contributed by atoms with Crippen LogP contribution in [0.15, 0.2) is 18.2 Å². The van der Waals surface area contributed by atoms with Crippen molar-refractivity contribution in [1.82, 2.24) is 0 Å². The molecule has 0 radical (unpaired) electrons. The zero-order chi connectivity index (χ0) is 13.6. The van der Waals surface area contributed by atoms with Crippen LogP contribution in [0.25, 0.3) is 0 Å². The monoisotopic (exact) mass is 276 g/mol. The number of benzene rings is 1. The molecule has 6 heteroatoms. The summed E-state index contributed by atoms with van der Waals surface area (Å²) in [5, 5.41) is 0. The van der Waals surface area contributed by atoms with Gasteiger partial charge in [-0.3, -0.25) is 4.57 Å². The van der Waals surface area contributed by atoms with E-state index in [2.05, 4.69) is 0 Å². The van der Waals surface area contributed by atoms with Gasteiger partial charge in [-0.05, 0) is 24.6 Å². The first-order valence-electron chi connectivity index (χ1n) is 5.75. The Morgan fingerprint density at radius 3 is 2.50 bits per heavy atom. The molecule has 0 spiro atoms. The average Bonchev–Trinajstić information content (AvgIpc) is 2.37. The van der Waals surface area contributed by atoms with E-state index in [1.807, 2.05) is 0 Å². The molecule has 1 aromatic rings. The topological polar surface area (TPSA) is 44.8 Å². The van der Waals surface area contributed by atoms with Crippen molar-refractivity contribution in [3.05, 3.63) is 29.6 Å². The zero-order valence-electron chi connectivity index (χ0n) is 10.8. The van der Waals surface area contributed by atoms with Gasteiger partial charge in [-0.1, -0.05) is 13.0 Å². The molecule has 0 heterocycles. The number of rotatable bonds is 7. The lowest BCUT2D eigenvalue weighted by molar-refractivity contribution is 0.205. The smallest absolute Gasteiger partial charge is 0.330 e. The first kappa shape index (κ1) is 15.2. The van der Waals surface area contributed by atoms with Gasteiger partial charge in [0, 0.05) is 6.16 Å². The first-order valence-corrected chi connectivity index (χ1v) is 7.48. The summed E-state index contributed by atoms with van der Waals surface area (Å²) in [7, 11) is -1.66. The molecular formula is C12H18FO4P. The molecular weight excluding hydrogens is 258 g/mol. The molecule has 1 aromatic carbocycles. The molecule has 0 aliphatic rings. The highest BCUT2D eigenvalue weighted by atomic mass is 31.2. The van der Waals surface area contributed by atoms with E-state index < -0.39 is 13.4 Å². The lowest BCUT2D eigenvalue weighted by Gasteiger charge is -2.16. The van der Waals surface area contributed by atoms with E-state index in [9.17, 15) is 8.96 Å². The van der Waals surface area contributed by atoms with Gasteiger partial charge in [0.2, 0.25) is 0 Å². The van der Waals surface area contributed by atoms with E-state index in [1.165, 1.54) is 19.2 Å². The van der Waals surface area contributed by atoms with E-state index >= 15 is 0 Å². The number of methoxy groups -OCH3 is 1. The summed E-state index contributed by atoms with van der Waals surface area (Å²) in [6.45, 7) is 3.85. The minimum absolute atomic E-state index is 0.0477. The normalized spacial score (nSPS) is 14.2. The van der Waals surface area contributed by atoms with Crippen LogP contribution in [-0.4, -0.2) is 19.9 Å². The molecule has 102 valence electrons. The minimum Gasteiger partial charge on any atom is -0.494 e. The third-order valence-corrected chi connectivity index (χ3v) is 4.31. The van der Waals surface area contributed by atoms with E-state index in [4.69, 9.17) is 13.8 Å². The fourth-order valence-corrected chi connectivity index (χ4v) is 2.57. The van der Waals surface area contributed by atoms with E-state index in [0.29, 0.717) is 18.3 Å². The molecule has 0 fully saturated rings. The Kier molecular flexibility index (Phi) is 5.79. The molecule has 0 aliphatic heterocycles. The van der Waals surface area contributed by atoms with Gasteiger partial charge in [0.25, 0.3) is 0 Å². The van der Waals surface area contributed by atoms with E-state index in [-0.39, 0.29) is 12.4 Å². The second-order valence-electron chi connectivity index (χ2n) is 3.59. The Labute approximate surface area is 107 Å². The predicted molar refractivity (Wildman–Crippen MR) is 67.5 cm³/mol. The van der Waals surface area contributed by atoms with Crippen LogP contribution in [0.4, 0.5) is 4.39 Å². The highest BCUT2D eigenvalue weighted by Gasteiger charge is 2.21. The summed E-state index contributed by atoms with van der Waals surface area (Å²) in [5.74, 6) is -0.302. The Bertz CT molecular complexity index is 436. The Morgan fingerprint density at radius 2 is 2.00 bits per heavy atom. The standard InChI is InChI=1S/C12H18FO4P/c1-4-16-18(14,5-2)17-9-10-6-7-12(15-3)11(13)8-10/h6-8H,4-5,9H2,1-3H3. The van der Waals surface area contributed by atoms with E-state index in [1.54, 1.807) is 19.9 Å². The summed E-state index contributed by atoms with van der Waals surface area (Å²) in [6.07, 6.45) is 0.291. The number of halogens is 1. The predicted octanol–water partition coefficient (Wildman–Crippen LogP) is 3.60. The zero-order valence-corrected chi connectivity index (χ0v) is 11.7. The van der Waals surface area contributed by atoms with Crippen LogP contribution >= 0.6 is 7.60 Å². The molecule has 0 saturated carbocycles. The van der Waals surface area contributed by atoms with Crippen molar-refractivity contribution in [2.75, 3.05) is 19.9 Å². The van der Waals surface area contributed by atoms with Crippen molar-refractivity contribution in [2.45, 2.75) is 20.5 Å². The molecule has 0 aromatic heterocycles. The summed E-state index contributed by atoms with van der Waals surface area (Å²) in [4.78, 5) is 0. The van der Waals surface area contributed by atoms with Crippen molar-refractivity contribution in [3.63, 3.8) is 0 Å².